The lowest BCUT2D eigenvalue weighted by atomic mass is 10.2. The second-order valence-electron chi connectivity index (χ2n) is 4.27. The molecule has 0 spiro atoms. The maximum atomic E-state index is 12.0. The summed E-state index contributed by atoms with van der Waals surface area (Å²) in [4.78, 5) is 12.3. The van der Waals surface area contributed by atoms with Gasteiger partial charge in [-0.15, -0.1) is 11.3 Å². The molecule has 0 aliphatic carbocycles. The fourth-order valence-corrected chi connectivity index (χ4v) is 2.50. The van der Waals surface area contributed by atoms with E-state index in [1.807, 2.05) is 0 Å². The Bertz CT molecular complexity index is 675. The van der Waals surface area contributed by atoms with Gasteiger partial charge < -0.3 is 4.74 Å². The number of allylic oxidation sites excluding steroid dienone is 1. The van der Waals surface area contributed by atoms with Gasteiger partial charge in [-0.1, -0.05) is 29.8 Å². The van der Waals surface area contributed by atoms with Gasteiger partial charge in [0, 0.05) is 0 Å². The normalized spacial score (nSPS) is 11.8. The minimum atomic E-state index is -4.37. The molecule has 0 unspecified atom stereocenters. The van der Waals surface area contributed by atoms with E-state index in [1.54, 1.807) is 30.3 Å². The molecule has 2 rings (SSSR count). The molecule has 1 heterocycles. The largest absolute Gasteiger partial charge is 0.484 e. The van der Waals surface area contributed by atoms with Crippen LogP contribution in [0.25, 0.3) is 6.08 Å². The van der Waals surface area contributed by atoms with Gasteiger partial charge in [-0.05, 0) is 35.9 Å². The van der Waals surface area contributed by atoms with Gasteiger partial charge in [-0.2, -0.15) is 13.2 Å². The molecule has 0 bridgehead atoms. The van der Waals surface area contributed by atoms with Crippen LogP contribution in [0.5, 0.6) is 5.75 Å². The average Bonchev–Trinajstić information content (AvgIpc) is 2.89. The van der Waals surface area contributed by atoms with Gasteiger partial charge in [0.1, 0.15) is 5.75 Å². The standard InChI is InChI=1S/C15H10ClF3O2S/c16-14-8-7-13(22-14)12(20)6-3-10-1-4-11(5-2-10)21-9-15(17,18)19/h1-8H,9H2/b6-3+. The molecule has 0 radical (unpaired) electrons. The summed E-state index contributed by atoms with van der Waals surface area (Å²) in [7, 11) is 0. The van der Waals surface area contributed by atoms with Crippen molar-refractivity contribution in [2.24, 2.45) is 0 Å². The van der Waals surface area contributed by atoms with Crippen molar-refractivity contribution in [3.63, 3.8) is 0 Å². The number of hydrogen-bond acceptors (Lipinski definition) is 3. The van der Waals surface area contributed by atoms with Crippen molar-refractivity contribution in [2.45, 2.75) is 6.18 Å². The number of halogens is 4. The monoisotopic (exact) mass is 346 g/mol. The van der Waals surface area contributed by atoms with Crippen LogP contribution >= 0.6 is 22.9 Å². The number of benzene rings is 1. The molecule has 0 atom stereocenters. The molecule has 1 aromatic carbocycles. The second kappa shape index (κ2) is 6.98. The number of rotatable bonds is 5. The van der Waals surface area contributed by atoms with E-state index in [-0.39, 0.29) is 11.5 Å². The molecule has 0 saturated carbocycles. The van der Waals surface area contributed by atoms with Crippen LogP contribution in [-0.2, 0) is 0 Å². The molecule has 1 aromatic heterocycles. The molecule has 0 aliphatic rings. The van der Waals surface area contributed by atoms with Gasteiger partial charge in [0.2, 0.25) is 0 Å². The first-order valence-electron chi connectivity index (χ1n) is 6.11. The Labute approximate surface area is 133 Å². The van der Waals surface area contributed by atoms with E-state index in [0.29, 0.717) is 14.8 Å². The molecule has 0 amide bonds. The molecule has 2 nitrogen and oxygen atoms in total. The molecule has 0 aliphatic heterocycles. The number of hydrogen-bond donors (Lipinski definition) is 0. The molecular formula is C15H10ClF3O2S. The van der Waals surface area contributed by atoms with Crippen LogP contribution < -0.4 is 4.74 Å². The predicted octanol–water partition coefficient (Wildman–Crippen LogP) is 5.24. The van der Waals surface area contributed by atoms with Gasteiger partial charge in [0.15, 0.2) is 12.4 Å². The van der Waals surface area contributed by atoms with Crippen LogP contribution in [0.4, 0.5) is 13.2 Å². The first-order chi connectivity index (χ1) is 10.3. The summed E-state index contributed by atoms with van der Waals surface area (Å²) in [5.74, 6) is -0.0693. The van der Waals surface area contributed by atoms with Crippen LogP contribution in [0.15, 0.2) is 42.5 Å². The molecule has 0 N–H and O–H groups in total. The van der Waals surface area contributed by atoms with E-state index in [0.717, 1.165) is 0 Å². The van der Waals surface area contributed by atoms with Gasteiger partial charge in [0.25, 0.3) is 0 Å². The van der Waals surface area contributed by atoms with E-state index in [2.05, 4.69) is 4.74 Å². The van der Waals surface area contributed by atoms with Crippen molar-refractivity contribution >= 4 is 34.8 Å². The first kappa shape index (κ1) is 16.6. The van der Waals surface area contributed by atoms with Crippen molar-refractivity contribution in [1.29, 1.82) is 0 Å². The number of thiophene rings is 1. The number of carbonyl (C=O) groups is 1. The highest BCUT2D eigenvalue weighted by Gasteiger charge is 2.28. The van der Waals surface area contributed by atoms with Crippen LogP contribution in [0.3, 0.4) is 0 Å². The Morgan fingerprint density at radius 2 is 1.86 bits per heavy atom. The quantitative estimate of drug-likeness (QED) is 0.546. The highest BCUT2D eigenvalue weighted by Crippen LogP contribution is 2.23. The molecule has 22 heavy (non-hydrogen) atoms. The Morgan fingerprint density at radius 3 is 2.41 bits per heavy atom. The zero-order chi connectivity index (χ0) is 16.2. The van der Waals surface area contributed by atoms with Crippen molar-refractivity contribution < 1.29 is 22.7 Å². The third-order valence-electron chi connectivity index (χ3n) is 2.53. The van der Waals surface area contributed by atoms with Crippen LogP contribution in [-0.4, -0.2) is 18.6 Å². The zero-order valence-corrected chi connectivity index (χ0v) is 12.6. The topological polar surface area (TPSA) is 26.3 Å². The second-order valence-corrected chi connectivity index (χ2v) is 5.99. The lowest BCUT2D eigenvalue weighted by molar-refractivity contribution is -0.153. The maximum absolute atomic E-state index is 12.0. The molecule has 7 heteroatoms. The third-order valence-corrected chi connectivity index (χ3v) is 3.77. The molecule has 0 fully saturated rings. The Hall–Kier alpha value is -1.79. The van der Waals surface area contributed by atoms with E-state index in [4.69, 9.17) is 11.6 Å². The summed E-state index contributed by atoms with van der Waals surface area (Å²) in [5, 5.41) is 0. The predicted molar refractivity (Wildman–Crippen MR) is 80.7 cm³/mol. The Morgan fingerprint density at radius 1 is 1.18 bits per heavy atom. The smallest absolute Gasteiger partial charge is 0.422 e. The maximum Gasteiger partial charge on any atom is 0.422 e. The fourth-order valence-electron chi connectivity index (χ4n) is 1.54. The van der Waals surface area contributed by atoms with E-state index in [9.17, 15) is 18.0 Å². The number of alkyl halides is 3. The molecule has 116 valence electrons. The van der Waals surface area contributed by atoms with Crippen LogP contribution in [0, 0.1) is 0 Å². The van der Waals surface area contributed by atoms with E-state index in [1.165, 1.54) is 29.5 Å². The first-order valence-corrected chi connectivity index (χ1v) is 7.30. The van der Waals surface area contributed by atoms with E-state index < -0.39 is 12.8 Å². The fraction of sp³-hybridized carbons (Fsp3) is 0.133. The van der Waals surface area contributed by atoms with E-state index >= 15 is 0 Å². The summed E-state index contributed by atoms with van der Waals surface area (Å²) in [6, 6.07) is 9.23. The van der Waals surface area contributed by atoms with Gasteiger partial charge >= 0.3 is 6.18 Å². The lowest BCUT2D eigenvalue weighted by Gasteiger charge is -2.08. The summed E-state index contributed by atoms with van der Waals surface area (Å²) < 4.78 is 41.2. The summed E-state index contributed by atoms with van der Waals surface area (Å²) in [5.41, 5.74) is 0.676. The number of ether oxygens (including phenoxy) is 1. The van der Waals surface area contributed by atoms with Gasteiger partial charge in [-0.25, -0.2) is 0 Å². The Kier molecular flexibility index (Phi) is 5.26. The van der Waals surface area contributed by atoms with Crippen LogP contribution in [0.2, 0.25) is 4.34 Å². The molecular weight excluding hydrogens is 337 g/mol. The van der Waals surface area contributed by atoms with Gasteiger partial charge in [-0.3, -0.25) is 4.79 Å². The number of carbonyl (C=O) groups excluding carboxylic acids is 1. The van der Waals surface area contributed by atoms with Crippen molar-refractivity contribution in [3.05, 3.63) is 57.3 Å². The molecule has 0 saturated heterocycles. The lowest BCUT2D eigenvalue weighted by Crippen LogP contribution is -2.19. The average molecular weight is 347 g/mol. The van der Waals surface area contributed by atoms with Crippen LogP contribution in [0.1, 0.15) is 15.2 Å². The minimum absolute atomic E-state index is 0.117. The number of ketones is 1. The Balaban J connectivity index is 1.96. The summed E-state index contributed by atoms with van der Waals surface area (Å²) >= 11 is 6.93. The highest BCUT2D eigenvalue weighted by molar-refractivity contribution is 7.18. The van der Waals surface area contributed by atoms with Crippen molar-refractivity contribution in [2.75, 3.05) is 6.61 Å². The van der Waals surface area contributed by atoms with Crippen molar-refractivity contribution in [1.82, 2.24) is 0 Å². The SMILES string of the molecule is O=C(/C=C/c1ccc(OCC(F)(F)F)cc1)c1ccc(Cl)s1. The zero-order valence-electron chi connectivity index (χ0n) is 11.1. The highest BCUT2D eigenvalue weighted by atomic mass is 35.5. The van der Waals surface area contributed by atoms with Crippen molar-refractivity contribution in [3.8, 4) is 5.75 Å². The van der Waals surface area contributed by atoms with Gasteiger partial charge in [0.05, 0.1) is 9.21 Å². The molecule has 2 aromatic rings. The summed E-state index contributed by atoms with van der Waals surface area (Å²) in [6.45, 7) is -1.33. The minimum Gasteiger partial charge on any atom is -0.484 e. The summed E-state index contributed by atoms with van der Waals surface area (Å²) in [6.07, 6.45) is -1.41. The third kappa shape index (κ3) is 5.20.